The minimum atomic E-state index is -3.48. The molecule has 25 heavy (non-hydrogen) atoms. The van der Waals surface area contributed by atoms with Gasteiger partial charge in [0, 0.05) is 27.7 Å². The molecule has 2 aliphatic rings. The van der Waals surface area contributed by atoms with E-state index in [4.69, 9.17) is 4.74 Å². The predicted molar refractivity (Wildman–Crippen MR) is 96.9 cm³/mol. The van der Waals surface area contributed by atoms with E-state index in [0.717, 1.165) is 19.3 Å². The highest BCUT2D eigenvalue weighted by Gasteiger charge is 2.41. The monoisotopic (exact) mass is 366 g/mol. The molecule has 138 valence electrons. The number of hydrogen-bond acceptors (Lipinski definition) is 4. The van der Waals surface area contributed by atoms with Crippen molar-refractivity contribution < 1.29 is 13.2 Å². The van der Waals surface area contributed by atoms with E-state index in [2.05, 4.69) is 15.6 Å². The molecular weight excluding hydrogens is 340 g/mol. The third-order valence-corrected chi connectivity index (χ3v) is 6.74. The van der Waals surface area contributed by atoms with Crippen molar-refractivity contribution >= 4 is 16.0 Å². The van der Waals surface area contributed by atoms with Crippen molar-refractivity contribution in [1.82, 2.24) is 14.9 Å². The Balaban J connectivity index is 1.67. The van der Waals surface area contributed by atoms with E-state index in [-0.39, 0.29) is 12.1 Å². The van der Waals surface area contributed by atoms with Crippen LogP contribution < -0.4 is 10.6 Å². The van der Waals surface area contributed by atoms with Gasteiger partial charge in [0.1, 0.15) is 0 Å². The van der Waals surface area contributed by atoms with Gasteiger partial charge in [-0.25, -0.2) is 12.7 Å². The SMILES string of the molecule is CN=C(NCc1ccccc1S(=O)(=O)N(C)C)NC1CC2CCC1O2. The zero-order chi connectivity index (χ0) is 18.0. The fourth-order valence-electron chi connectivity index (χ4n) is 3.44. The Kier molecular flexibility index (Phi) is 5.31. The molecule has 1 aromatic carbocycles. The second-order valence-corrected chi connectivity index (χ2v) is 8.80. The summed E-state index contributed by atoms with van der Waals surface area (Å²) in [6.07, 6.45) is 3.85. The third kappa shape index (κ3) is 3.80. The number of ether oxygens (including phenoxy) is 1. The molecule has 7 nitrogen and oxygen atoms in total. The van der Waals surface area contributed by atoms with E-state index in [1.54, 1.807) is 19.2 Å². The Bertz CT molecular complexity index is 748. The molecule has 1 aromatic rings. The maximum Gasteiger partial charge on any atom is 0.242 e. The van der Waals surface area contributed by atoms with Crippen LogP contribution in [-0.2, 0) is 21.3 Å². The van der Waals surface area contributed by atoms with Crippen LogP contribution in [0.2, 0.25) is 0 Å². The standard InChI is InChI=1S/C17H26N4O3S/c1-18-17(20-14-10-13-8-9-15(14)24-13)19-11-12-6-4-5-7-16(12)25(22,23)21(2)3/h4-7,13-15H,8-11H2,1-3H3,(H2,18,19,20). The topological polar surface area (TPSA) is 83.0 Å². The normalized spacial score (nSPS) is 26.2. The van der Waals surface area contributed by atoms with Gasteiger partial charge in [-0.2, -0.15) is 0 Å². The molecule has 3 unspecified atom stereocenters. The Hall–Kier alpha value is -1.64. The summed E-state index contributed by atoms with van der Waals surface area (Å²) in [7, 11) is 1.31. The van der Waals surface area contributed by atoms with Crippen LogP contribution in [0.25, 0.3) is 0 Å². The van der Waals surface area contributed by atoms with Crippen LogP contribution in [0.1, 0.15) is 24.8 Å². The number of fused-ring (bicyclic) bond motifs is 2. The van der Waals surface area contributed by atoms with Crippen molar-refractivity contribution in [3.8, 4) is 0 Å². The number of rotatable bonds is 5. The molecule has 0 spiro atoms. The summed E-state index contributed by atoms with van der Waals surface area (Å²) in [6.45, 7) is 0.380. The molecule has 3 rings (SSSR count). The van der Waals surface area contributed by atoms with E-state index in [0.29, 0.717) is 29.1 Å². The van der Waals surface area contributed by atoms with Crippen molar-refractivity contribution in [2.24, 2.45) is 4.99 Å². The lowest BCUT2D eigenvalue weighted by Gasteiger charge is -2.23. The number of guanidine groups is 1. The van der Waals surface area contributed by atoms with Gasteiger partial charge in [0.25, 0.3) is 0 Å². The summed E-state index contributed by atoms with van der Waals surface area (Å²) in [6, 6.07) is 7.29. The highest BCUT2D eigenvalue weighted by Crippen LogP contribution is 2.34. The van der Waals surface area contributed by atoms with Crippen molar-refractivity contribution in [2.75, 3.05) is 21.1 Å². The first-order valence-corrected chi connectivity index (χ1v) is 9.99. The molecule has 0 aliphatic carbocycles. The summed E-state index contributed by atoms with van der Waals surface area (Å²) >= 11 is 0. The van der Waals surface area contributed by atoms with Crippen LogP contribution in [-0.4, -0.2) is 58.1 Å². The van der Waals surface area contributed by atoms with E-state index >= 15 is 0 Å². The molecule has 8 heteroatoms. The molecule has 2 bridgehead atoms. The fraction of sp³-hybridized carbons (Fsp3) is 0.588. The maximum atomic E-state index is 12.5. The largest absolute Gasteiger partial charge is 0.373 e. The quantitative estimate of drug-likeness (QED) is 0.598. The van der Waals surface area contributed by atoms with Gasteiger partial charge in [-0.3, -0.25) is 4.99 Å². The minimum absolute atomic E-state index is 0.255. The fourth-order valence-corrected chi connectivity index (χ4v) is 4.55. The number of hydrogen-bond donors (Lipinski definition) is 2. The average molecular weight is 366 g/mol. The molecule has 2 aliphatic heterocycles. The number of nitrogens with one attached hydrogen (secondary N) is 2. The Morgan fingerprint density at radius 1 is 1.32 bits per heavy atom. The number of sulfonamides is 1. The van der Waals surface area contributed by atoms with Gasteiger partial charge in [0.05, 0.1) is 23.1 Å². The summed E-state index contributed by atoms with van der Waals surface area (Å²) in [4.78, 5) is 4.57. The predicted octanol–water partition coefficient (Wildman–Crippen LogP) is 0.922. The van der Waals surface area contributed by atoms with Crippen molar-refractivity contribution in [2.45, 2.75) is 49.0 Å². The van der Waals surface area contributed by atoms with E-state index in [1.807, 2.05) is 12.1 Å². The Morgan fingerprint density at radius 2 is 2.08 bits per heavy atom. The lowest BCUT2D eigenvalue weighted by molar-refractivity contribution is 0.0992. The van der Waals surface area contributed by atoms with Gasteiger partial charge in [0.2, 0.25) is 10.0 Å². The van der Waals surface area contributed by atoms with Gasteiger partial charge in [-0.1, -0.05) is 18.2 Å². The first-order chi connectivity index (χ1) is 11.9. The van der Waals surface area contributed by atoms with Crippen LogP contribution in [0.15, 0.2) is 34.2 Å². The van der Waals surface area contributed by atoms with Crippen LogP contribution in [0.4, 0.5) is 0 Å². The minimum Gasteiger partial charge on any atom is -0.373 e. The Labute approximate surface area is 149 Å². The van der Waals surface area contributed by atoms with Gasteiger partial charge in [0.15, 0.2) is 5.96 Å². The third-order valence-electron chi connectivity index (χ3n) is 4.83. The van der Waals surface area contributed by atoms with Crippen LogP contribution in [0, 0.1) is 0 Å². The summed E-state index contributed by atoms with van der Waals surface area (Å²) < 4.78 is 32.0. The smallest absolute Gasteiger partial charge is 0.242 e. The molecule has 0 aromatic heterocycles. The maximum absolute atomic E-state index is 12.5. The van der Waals surface area contributed by atoms with Crippen molar-refractivity contribution in [3.05, 3.63) is 29.8 Å². The van der Waals surface area contributed by atoms with Gasteiger partial charge in [-0.15, -0.1) is 0 Å². The molecule has 0 amide bonds. The van der Waals surface area contributed by atoms with E-state index < -0.39 is 10.0 Å². The van der Waals surface area contributed by atoms with Crippen molar-refractivity contribution in [3.63, 3.8) is 0 Å². The second-order valence-electron chi connectivity index (χ2n) is 6.68. The molecular formula is C17H26N4O3S. The van der Waals surface area contributed by atoms with E-state index in [9.17, 15) is 8.42 Å². The summed E-state index contributed by atoms with van der Waals surface area (Å²) in [5.41, 5.74) is 0.711. The van der Waals surface area contributed by atoms with Gasteiger partial charge < -0.3 is 15.4 Å². The lowest BCUT2D eigenvalue weighted by Crippen LogP contribution is -2.47. The molecule has 2 N–H and O–H groups in total. The average Bonchev–Trinajstić information content (AvgIpc) is 3.21. The highest BCUT2D eigenvalue weighted by molar-refractivity contribution is 7.89. The molecule has 0 radical (unpaired) electrons. The number of benzene rings is 1. The van der Waals surface area contributed by atoms with Crippen LogP contribution >= 0.6 is 0 Å². The lowest BCUT2D eigenvalue weighted by atomic mass is 9.96. The van der Waals surface area contributed by atoms with Crippen molar-refractivity contribution in [1.29, 1.82) is 0 Å². The highest BCUT2D eigenvalue weighted by atomic mass is 32.2. The summed E-state index contributed by atoms with van der Waals surface area (Å²) in [5.74, 6) is 0.665. The zero-order valence-corrected chi connectivity index (χ0v) is 15.7. The van der Waals surface area contributed by atoms with Crippen LogP contribution in [0.5, 0.6) is 0 Å². The molecule has 2 heterocycles. The molecule has 0 saturated carbocycles. The number of aliphatic imine (C=N–C) groups is 1. The first kappa shape index (κ1) is 18.2. The Morgan fingerprint density at radius 3 is 2.68 bits per heavy atom. The zero-order valence-electron chi connectivity index (χ0n) is 14.9. The first-order valence-electron chi connectivity index (χ1n) is 8.55. The molecule has 3 atom stereocenters. The molecule has 2 fully saturated rings. The molecule has 2 saturated heterocycles. The van der Waals surface area contributed by atoms with Gasteiger partial charge >= 0.3 is 0 Å². The summed E-state index contributed by atoms with van der Waals surface area (Å²) in [5, 5.41) is 6.63. The van der Waals surface area contributed by atoms with E-state index in [1.165, 1.54) is 18.4 Å². The number of nitrogens with zero attached hydrogens (tertiary/aromatic N) is 2. The van der Waals surface area contributed by atoms with Gasteiger partial charge in [-0.05, 0) is 30.9 Å². The van der Waals surface area contributed by atoms with Crippen LogP contribution in [0.3, 0.4) is 0 Å². The second kappa shape index (κ2) is 7.31.